The zero-order valence-electron chi connectivity index (χ0n) is 32.1. The van der Waals surface area contributed by atoms with Crippen LogP contribution in [0.3, 0.4) is 0 Å². The predicted molar refractivity (Wildman–Crippen MR) is 227 cm³/mol. The Kier molecular flexibility index (Phi) is 11.0. The SMILES string of the molecule is Cc1ccc(S(=O)(=O)[N-]Cl)cc1.O=C1C2=C(C(=O)c3ccccc31)C1Nc3ccc4c(c3[NH+]=C1C=C2)C(=O)c1ccccc1C4=O.[Na+].c1ccc2c(c1)[nH]c1ccccc12. The molecule has 13 heteroatoms. The maximum absolute atomic E-state index is 13.4. The van der Waals surface area contributed by atoms with Crippen molar-refractivity contribution in [2.45, 2.75) is 17.9 Å². The summed E-state index contributed by atoms with van der Waals surface area (Å²) in [5.41, 5.74) is 8.10. The van der Waals surface area contributed by atoms with Gasteiger partial charge in [-0.05, 0) is 49.4 Å². The summed E-state index contributed by atoms with van der Waals surface area (Å²) in [7, 11) is -3.62. The maximum atomic E-state index is 13.4. The fourth-order valence-corrected chi connectivity index (χ4v) is 8.64. The largest absolute Gasteiger partial charge is 1.00 e. The molecule has 0 spiro atoms. The van der Waals surface area contributed by atoms with Crippen molar-refractivity contribution in [3.63, 3.8) is 0 Å². The number of benzene rings is 6. The van der Waals surface area contributed by atoms with Crippen LogP contribution in [0, 0.1) is 6.92 Å². The van der Waals surface area contributed by atoms with E-state index in [0.29, 0.717) is 61.6 Å². The molecule has 3 aliphatic carbocycles. The first kappa shape index (κ1) is 40.7. The Morgan fingerprint density at radius 1 is 0.600 bits per heavy atom. The number of aromatic amines is 1. The minimum Gasteiger partial charge on any atom is -0.458 e. The van der Waals surface area contributed by atoms with Gasteiger partial charge in [-0.25, -0.2) is 13.4 Å². The number of carbonyl (C=O) groups excluding carboxylic acids is 4. The molecule has 1 atom stereocenters. The van der Waals surface area contributed by atoms with Gasteiger partial charge in [0.1, 0.15) is 27.3 Å². The van der Waals surface area contributed by atoms with E-state index in [2.05, 4.69) is 68.1 Å². The molecule has 0 saturated carbocycles. The van der Waals surface area contributed by atoms with Crippen molar-refractivity contribution in [2.24, 2.45) is 0 Å². The van der Waals surface area contributed by atoms with Crippen molar-refractivity contribution >= 4 is 83.8 Å². The molecule has 0 radical (unpaired) electrons. The molecule has 1 unspecified atom stereocenters. The molecule has 11 rings (SSSR count). The smallest absolute Gasteiger partial charge is 0.458 e. The predicted octanol–water partition coefficient (Wildman–Crippen LogP) is 4.89. The standard InChI is InChI=1S/C28H14N2O4.C12H9N.C7H7ClNO2S.Na/c31-25-13-5-1-3-7-15(13)27(33)21-17(25)9-11-19-23(21)29-20-12-10-18-22(24(20)30-19)28(34)16-8-4-2-6-14(16)26(18)32;1-3-7-11-9(5-1)10-6-2-4-8-12(10)13-11;1-6-2-4-7(5-3-6)12(10,11)9-8;/h1-12,23,29H;1-8,13H;2-5H,1H3;/q;;-1;+1/p+1. The zero-order valence-corrected chi connectivity index (χ0v) is 35.7. The number of halogens is 1. The van der Waals surface area contributed by atoms with E-state index in [1.54, 1.807) is 84.9 Å². The number of fused-ring (bicyclic) bond motifs is 10. The third kappa shape index (κ3) is 6.98. The summed E-state index contributed by atoms with van der Waals surface area (Å²) in [6.07, 6.45) is 3.40. The number of carbonyl (C=O) groups is 4. The van der Waals surface area contributed by atoms with Crippen molar-refractivity contribution in [3.05, 3.63) is 200 Å². The van der Waals surface area contributed by atoms with Crippen LogP contribution in [-0.4, -0.2) is 48.3 Å². The summed E-state index contributed by atoms with van der Waals surface area (Å²) in [5.74, 6) is -0.812. The molecule has 3 N–H and O–H groups in total. The van der Waals surface area contributed by atoms with Crippen molar-refractivity contribution < 1.29 is 62.1 Å². The van der Waals surface area contributed by atoms with E-state index < -0.39 is 16.1 Å². The minimum absolute atomic E-state index is 0. The Labute approximate surface area is 371 Å². The number of anilines is 1. The van der Waals surface area contributed by atoms with E-state index in [1.807, 2.05) is 6.92 Å². The summed E-state index contributed by atoms with van der Waals surface area (Å²) in [6.45, 7) is 1.87. The van der Waals surface area contributed by atoms with Gasteiger partial charge in [0.2, 0.25) is 17.2 Å². The van der Waals surface area contributed by atoms with Gasteiger partial charge in [0.25, 0.3) is 0 Å². The number of Topliss-reactive ketones (excluding diaryl/α,β-unsaturated/α-hetero) is 2. The van der Waals surface area contributed by atoms with Crippen molar-refractivity contribution in [1.82, 2.24) is 4.98 Å². The summed E-state index contributed by atoms with van der Waals surface area (Å²) < 4.78 is 24.8. The first-order chi connectivity index (χ1) is 28.6. The number of nitrogens with one attached hydrogen (secondary N) is 3. The van der Waals surface area contributed by atoms with Crippen LogP contribution < -0.4 is 39.9 Å². The number of hydrogen-bond acceptors (Lipinski definition) is 7. The quantitative estimate of drug-likeness (QED) is 0.209. The van der Waals surface area contributed by atoms with Crippen LogP contribution in [0.5, 0.6) is 0 Å². The zero-order chi connectivity index (χ0) is 41.0. The average molecular weight is 838 g/mol. The van der Waals surface area contributed by atoms with E-state index in [0.717, 1.165) is 5.56 Å². The van der Waals surface area contributed by atoms with Crippen LogP contribution >= 0.6 is 11.8 Å². The fourth-order valence-electron chi connectivity index (χ4n) is 7.84. The van der Waals surface area contributed by atoms with E-state index in [9.17, 15) is 27.6 Å². The molecule has 1 aliphatic heterocycles. The molecule has 6 aromatic carbocycles. The Hall–Kier alpha value is -6.05. The van der Waals surface area contributed by atoms with E-state index in [-0.39, 0.29) is 57.6 Å². The van der Waals surface area contributed by atoms with E-state index in [1.165, 1.54) is 33.9 Å². The average Bonchev–Trinajstić information content (AvgIpc) is 3.65. The summed E-state index contributed by atoms with van der Waals surface area (Å²) >= 11 is 4.90. The summed E-state index contributed by atoms with van der Waals surface area (Å²) in [6, 6.07) is 39.5. The van der Waals surface area contributed by atoms with Crippen LogP contribution in [0.1, 0.15) is 58.1 Å². The van der Waals surface area contributed by atoms with Crippen LogP contribution in [-0.2, 0) is 10.0 Å². The molecule has 1 aromatic heterocycles. The molecule has 0 bridgehead atoms. The Bertz CT molecular complexity index is 3140. The monoisotopic (exact) mass is 837 g/mol. The Balaban J connectivity index is 0.000000157. The molecular weight excluding hydrogens is 807 g/mol. The van der Waals surface area contributed by atoms with Gasteiger partial charge in [0.05, 0.1) is 0 Å². The fraction of sp³-hybridized carbons (Fsp3) is 0.0426. The molecule has 0 fully saturated rings. The molecule has 0 amide bonds. The summed E-state index contributed by atoms with van der Waals surface area (Å²) in [5, 5.41) is 5.95. The normalized spacial score (nSPS) is 15.6. The summed E-state index contributed by atoms with van der Waals surface area (Å²) in [4.78, 5) is 59.8. The van der Waals surface area contributed by atoms with E-state index in [4.69, 9.17) is 11.8 Å². The molecule has 60 heavy (non-hydrogen) atoms. The second kappa shape index (κ2) is 16.2. The van der Waals surface area contributed by atoms with Crippen LogP contribution in [0.15, 0.2) is 162 Å². The topological polar surface area (TPSA) is 158 Å². The third-order valence-corrected chi connectivity index (χ3v) is 12.3. The molecule has 10 nitrogen and oxygen atoms in total. The molecule has 0 saturated heterocycles. The molecule has 4 aliphatic rings. The van der Waals surface area contributed by atoms with E-state index >= 15 is 0 Å². The van der Waals surface area contributed by atoms with Gasteiger partial charge < -0.3 is 14.5 Å². The van der Waals surface area contributed by atoms with Gasteiger partial charge >= 0.3 is 29.6 Å². The second-order valence-electron chi connectivity index (χ2n) is 14.2. The number of aromatic nitrogens is 1. The first-order valence-electron chi connectivity index (χ1n) is 18.5. The number of H-pyrrole nitrogens is 1. The molecule has 288 valence electrons. The van der Waals surface area contributed by atoms with Gasteiger partial charge in [-0.1, -0.05) is 103 Å². The Morgan fingerprint density at radius 3 is 1.73 bits per heavy atom. The van der Waals surface area contributed by atoms with Gasteiger partial charge in [0, 0.05) is 71.7 Å². The van der Waals surface area contributed by atoms with Crippen LogP contribution in [0.2, 0.25) is 0 Å². The number of allylic oxidation sites excluding steroid dienone is 2. The molecular formula is C47H31ClN4NaO6S+. The third-order valence-electron chi connectivity index (χ3n) is 10.7. The van der Waals surface area contributed by atoms with Gasteiger partial charge in [-0.2, -0.15) is 0 Å². The molecule has 2 heterocycles. The first-order valence-corrected chi connectivity index (χ1v) is 20.3. The van der Waals surface area contributed by atoms with Crippen LogP contribution in [0.4, 0.5) is 11.4 Å². The number of para-hydroxylation sites is 2. The minimum atomic E-state index is -3.62. The van der Waals surface area contributed by atoms with Crippen molar-refractivity contribution in [3.8, 4) is 0 Å². The maximum Gasteiger partial charge on any atom is 1.00 e. The molecule has 7 aromatic rings. The number of rotatable bonds is 2. The van der Waals surface area contributed by atoms with Gasteiger partial charge in [-0.15, -0.1) is 0 Å². The van der Waals surface area contributed by atoms with Gasteiger partial charge in [0.15, 0.2) is 17.3 Å². The Morgan fingerprint density at radius 2 is 1.13 bits per heavy atom. The van der Waals surface area contributed by atoms with Crippen LogP contribution in [0.25, 0.3) is 26.0 Å². The number of nitrogens with zero attached hydrogens (tertiary/aromatic N) is 1. The van der Waals surface area contributed by atoms with Gasteiger partial charge in [-0.3, -0.25) is 31.0 Å². The van der Waals surface area contributed by atoms with Crippen molar-refractivity contribution in [1.29, 1.82) is 0 Å². The number of ketones is 4. The second-order valence-corrected chi connectivity index (χ2v) is 16.2. The van der Waals surface area contributed by atoms with Crippen molar-refractivity contribution in [2.75, 3.05) is 5.32 Å². The number of sulfonamides is 1. The number of aryl methyl sites for hydroxylation is 1. The number of hydrogen-bond donors (Lipinski definition) is 3.